The summed E-state index contributed by atoms with van der Waals surface area (Å²) < 4.78 is 5.65. The zero-order chi connectivity index (χ0) is 14.2. The third-order valence-electron chi connectivity index (χ3n) is 4.64. The maximum absolute atomic E-state index is 5.65. The lowest BCUT2D eigenvalue weighted by atomic mass is 9.80. The molecule has 1 saturated carbocycles. The van der Waals surface area contributed by atoms with E-state index in [2.05, 4.69) is 24.5 Å². The number of guanidine groups is 1. The summed E-state index contributed by atoms with van der Waals surface area (Å²) in [6.07, 6.45) is 8.23. The van der Waals surface area contributed by atoms with E-state index < -0.39 is 0 Å². The Morgan fingerprint density at radius 1 is 1.15 bits per heavy atom. The molecule has 2 fully saturated rings. The Balaban J connectivity index is 1.77. The molecule has 4 heteroatoms. The summed E-state index contributed by atoms with van der Waals surface area (Å²) in [5.41, 5.74) is 0. The number of nitrogens with zero attached hydrogens (tertiary/aromatic N) is 1. The Kier molecular flexibility index (Phi) is 6.64. The first kappa shape index (κ1) is 15.6. The lowest BCUT2D eigenvalue weighted by Gasteiger charge is -2.27. The molecule has 2 aliphatic rings. The molecule has 0 aromatic rings. The van der Waals surface area contributed by atoms with Crippen LogP contribution in [-0.4, -0.2) is 38.3 Å². The Morgan fingerprint density at radius 2 is 2.00 bits per heavy atom. The molecule has 0 bridgehead atoms. The van der Waals surface area contributed by atoms with E-state index in [1.807, 2.05) is 0 Å². The summed E-state index contributed by atoms with van der Waals surface area (Å²) in [5, 5.41) is 6.78. The lowest BCUT2D eigenvalue weighted by molar-refractivity contribution is 0.113. The van der Waals surface area contributed by atoms with Crippen LogP contribution >= 0.6 is 0 Å². The molecule has 0 aromatic heterocycles. The van der Waals surface area contributed by atoms with Gasteiger partial charge in [-0.25, -0.2) is 0 Å². The number of nitrogens with one attached hydrogen (secondary N) is 2. The van der Waals surface area contributed by atoms with Crippen molar-refractivity contribution in [2.75, 3.05) is 26.2 Å². The van der Waals surface area contributed by atoms with E-state index in [0.717, 1.165) is 44.0 Å². The third-order valence-corrected chi connectivity index (χ3v) is 4.64. The Hall–Kier alpha value is -0.770. The largest absolute Gasteiger partial charge is 0.376 e. The molecule has 1 saturated heterocycles. The minimum atomic E-state index is 0.368. The van der Waals surface area contributed by atoms with Gasteiger partial charge in [-0.1, -0.05) is 26.2 Å². The van der Waals surface area contributed by atoms with Crippen molar-refractivity contribution in [3.8, 4) is 0 Å². The number of hydrogen-bond acceptors (Lipinski definition) is 2. The summed E-state index contributed by atoms with van der Waals surface area (Å²) >= 11 is 0. The molecule has 0 radical (unpaired) electrons. The van der Waals surface area contributed by atoms with E-state index in [1.165, 1.54) is 38.5 Å². The first-order valence-electron chi connectivity index (χ1n) is 8.43. The van der Waals surface area contributed by atoms with E-state index in [0.29, 0.717) is 6.10 Å². The standard InChI is InChI=1S/C16H31N3O/c1-3-17-16(19-12-15-9-6-10-20-15)18-11-14-8-5-4-7-13(14)2/h13-15H,3-12H2,1-2H3,(H2,17,18,19). The van der Waals surface area contributed by atoms with Gasteiger partial charge in [-0.15, -0.1) is 0 Å². The van der Waals surface area contributed by atoms with Crippen LogP contribution in [0.15, 0.2) is 4.99 Å². The first-order chi connectivity index (χ1) is 9.79. The summed E-state index contributed by atoms with van der Waals surface area (Å²) in [4.78, 5) is 4.79. The fraction of sp³-hybridized carbons (Fsp3) is 0.938. The zero-order valence-corrected chi connectivity index (χ0v) is 13.2. The fourth-order valence-corrected chi connectivity index (χ4v) is 3.23. The van der Waals surface area contributed by atoms with Gasteiger partial charge in [0.1, 0.15) is 0 Å². The van der Waals surface area contributed by atoms with Crippen molar-refractivity contribution in [3.05, 3.63) is 0 Å². The molecule has 2 rings (SSSR count). The number of aliphatic imine (C=N–C) groups is 1. The topological polar surface area (TPSA) is 45.7 Å². The highest BCUT2D eigenvalue weighted by Crippen LogP contribution is 2.29. The quantitative estimate of drug-likeness (QED) is 0.601. The van der Waals surface area contributed by atoms with Crippen molar-refractivity contribution in [2.24, 2.45) is 16.8 Å². The predicted octanol–water partition coefficient (Wildman–Crippen LogP) is 2.55. The van der Waals surface area contributed by atoms with Gasteiger partial charge < -0.3 is 15.4 Å². The van der Waals surface area contributed by atoms with Gasteiger partial charge in [0, 0.05) is 26.2 Å². The molecular formula is C16H31N3O. The van der Waals surface area contributed by atoms with Crippen molar-refractivity contribution < 1.29 is 4.74 Å². The maximum atomic E-state index is 5.65. The number of rotatable bonds is 5. The van der Waals surface area contributed by atoms with Crippen LogP contribution in [0.5, 0.6) is 0 Å². The Bertz CT molecular complexity index is 300. The minimum absolute atomic E-state index is 0.368. The molecule has 0 spiro atoms. The summed E-state index contributed by atoms with van der Waals surface area (Å²) in [6.45, 7) is 8.17. The lowest BCUT2D eigenvalue weighted by Crippen LogP contribution is -2.41. The molecule has 20 heavy (non-hydrogen) atoms. The van der Waals surface area contributed by atoms with Gasteiger partial charge in [0.2, 0.25) is 0 Å². The van der Waals surface area contributed by atoms with Crippen molar-refractivity contribution in [2.45, 2.75) is 58.5 Å². The molecule has 2 N–H and O–H groups in total. The van der Waals surface area contributed by atoms with Gasteiger partial charge >= 0.3 is 0 Å². The second-order valence-electron chi connectivity index (χ2n) is 6.26. The van der Waals surface area contributed by atoms with Crippen molar-refractivity contribution in [1.82, 2.24) is 10.6 Å². The van der Waals surface area contributed by atoms with E-state index in [4.69, 9.17) is 9.73 Å². The first-order valence-corrected chi connectivity index (χ1v) is 8.43. The van der Waals surface area contributed by atoms with E-state index in [-0.39, 0.29) is 0 Å². The van der Waals surface area contributed by atoms with Crippen molar-refractivity contribution in [1.29, 1.82) is 0 Å². The van der Waals surface area contributed by atoms with Gasteiger partial charge in [0.25, 0.3) is 0 Å². The molecular weight excluding hydrogens is 250 g/mol. The molecule has 1 aliphatic carbocycles. The minimum Gasteiger partial charge on any atom is -0.376 e. The second-order valence-corrected chi connectivity index (χ2v) is 6.26. The highest BCUT2D eigenvalue weighted by Gasteiger charge is 2.21. The van der Waals surface area contributed by atoms with Gasteiger partial charge in [-0.05, 0) is 38.0 Å². The predicted molar refractivity (Wildman–Crippen MR) is 84.1 cm³/mol. The van der Waals surface area contributed by atoms with Crippen LogP contribution in [0, 0.1) is 11.8 Å². The van der Waals surface area contributed by atoms with Gasteiger partial charge in [-0.2, -0.15) is 0 Å². The highest BCUT2D eigenvalue weighted by molar-refractivity contribution is 5.79. The number of ether oxygens (including phenoxy) is 1. The van der Waals surface area contributed by atoms with Crippen LogP contribution in [0.1, 0.15) is 52.4 Å². The number of hydrogen-bond donors (Lipinski definition) is 2. The van der Waals surface area contributed by atoms with Crippen LogP contribution in [0.4, 0.5) is 0 Å². The zero-order valence-electron chi connectivity index (χ0n) is 13.2. The Labute approximate surface area is 123 Å². The normalized spacial score (nSPS) is 31.3. The van der Waals surface area contributed by atoms with Crippen LogP contribution < -0.4 is 10.6 Å². The second kappa shape index (κ2) is 8.50. The summed E-state index contributed by atoms with van der Waals surface area (Å²) in [5.74, 6) is 2.55. The molecule has 3 atom stereocenters. The van der Waals surface area contributed by atoms with Gasteiger partial charge in [-0.3, -0.25) is 4.99 Å². The molecule has 0 aromatic carbocycles. The smallest absolute Gasteiger partial charge is 0.191 e. The van der Waals surface area contributed by atoms with Crippen LogP contribution in [0.3, 0.4) is 0 Å². The average Bonchev–Trinajstić information content (AvgIpc) is 2.97. The fourth-order valence-electron chi connectivity index (χ4n) is 3.23. The Morgan fingerprint density at radius 3 is 2.70 bits per heavy atom. The van der Waals surface area contributed by atoms with Gasteiger partial charge in [0.15, 0.2) is 5.96 Å². The van der Waals surface area contributed by atoms with Crippen LogP contribution in [-0.2, 0) is 4.74 Å². The van der Waals surface area contributed by atoms with Crippen molar-refractivity contribution >= 4 is 5.96 Å². The molecule has 116 valence electrons. The monoisotopic (exact) mass is 281 g/mol. The van der Waals surface area contributed by atoms with Gasteiger partial charge in [0.05, 0.1) is 6.10 Å². The maximum Gasteiger partial charge on any atom is 0.191 e. The SMILES string of the molecule is CCNC(=NCC1CCCCC1C)NCC1CCCO1. The summed E-state index contributed by atoms with van der Waals surface area (Å²) in [6, 6.07) is 0. The molecule has 1 heterocycles. The summed E-state index contributed by atoms with van der Waals surface area (Å²) in [7, 11) is 0. The highest BCUT2D eigenvalue weighted by atomic mass is 16.5. The average molecular weight is 281 g/mol. The molecule has 1 aliphatic heterocycles. The van der Waals surface area contributed by atoms with E-state index >= 15 is 0 Å². The van der Waals surface area contributed by atoms with Crippen molar-refractivity contribution in [3.63, 3.8) is 0 Å². The molecule has 0 amide bonds. The van der Waals surface area contributed by atoms with Crippen LogP contribution in [0.2, 0.25) is 0 Å². The third kappa shape index (κ3) is 4.97. The van der Waals surface area contributed by atoms with Crippen LogP contribution in [0.25, 0.3) is 0 Å². The van der Waals surface area contributed by atoms with E-state index in [1.54, 1.807) is 0 Å². The molecule has 4 nitrogen and oxygen atoms in total. The van der Waals surface area contributed by atoms with E-state index in [9.17, 15) is 0 Å². The molecule has 3 unspecified atom stereocenters.